The van der Waals surface area contributed by atoms with Gasteiger partial charge in [0, 0.05) is 0 Å². The van der Waals surface area contributed by atoms with Gasteiger partial charge in [0.2, 0.25) is 0 Å². The second kappa shape index (κ2) is 9.37. The summed E-state index contributed by atoms with van der Waals surface area (Å²) in [5.41, 5.74) is 0. The molecule has 96 valence electrons. The fourth-order valence-electron chi connectivity index (χ4n) is 0. The van der Waals surface area contributed by atoms with Gasteiger partial charge in [0.1, 0.15) is 0 Å². The molecule has 0 aliphatic carbocycles. The summed E-state index contributed by atoms with van der Waals surface area (Å²) >= 11 is 0. The zero-order valence-corrected chi connectivity index (χ0v) is 9.36. The van der Waals surface area contributed by atoms with Crippen LogP contribution in [0.25, 0.3) is 0 Å². The molecule has 0 heterocycles. The first-order valence-electron chi connectivity index (χ1n) is 3.13. The van der Waals surface area contributed by atoms with Gasteiger partial charge in [-0.2, -0.15) is 0 Å². The molecule has 0 rings (SSSR count). The maximum atomic E-state index is 8.88. The fourth-order valence-corrected chi connectivity index (χ4v) is 0. The van der Waals surface area contributed by atoms with Gasteiger partial charge in [0.25, 0.3) is 0 Å². The lowest BCUT2D eigenvalue weighted by Crippen LogP contribution is -2.03. The van der Waals surface area contributed by atoms with E-state index in [-0.39, 0.29) is 6.61 Å². The normalized spacial score (nSPS) is 12.9. The third-order valence-electron chi connectivity index (χ3n) is 0.264. The van der Waals surface area contributed by atoms with Crippen molar-refractivity contribution in [3.8, 4) is 0 Å². The molecule has 0 saturated carbocycles. The molecule has 15 heavy (non-hydrogen) atoms. The molecule has 0 amide bonds. The average molecular weight is 272 g/mol. The molecule has 0 aliphatic heterocycles. The SMILES string of the molecule is CC(O)CO.O=P(O)(O)O.O=P(O)(O)O. The number of aliphatic hydroxyl groups excluding tert-OH is 2. The van der Waals surface area contributed by atoms with E-state index in [0.29, 0.717) is 0 Å². The van der Waals surface area contributed by atoms with Crippen molar-refractivity contribution in [1.29, 1.82) is 0 Å². The van der Waals surface area contributed by atoms with Crippen LogP contribution in [0, 0.1) is 0 Å². The van der Waals surface area contributed by atoms with E-state index in [1.165, 1.54) is 6.92 Å². The van der Waals surface area contributed by atoms with Crippen LogP contribution in [-0.2, 0) is 9.13 Å². The van der Waals surface area contributed by atoms with Crippen molar-refractivity contribution < 1.29 is 48.7 Å². The maximum absolute atomic E-state index is 8.88. The van der Waals surface area contributed by atoms with Crippen LogP contribution in [0.3, 0.4) is 0 Å². The quantitative estimate of drug-likeness (QED) is 0.236. The molecule has 0 aromatic heterocycles. The van der Waals surface area contributed by atoms with Crippen molar-refractivity contribution in [1.82, 2.24) is 0 Å². The highest BCUT2D eigenvalue weighted by atomic mass is 31.2. The third kappa shape index (κ3) is 455. The lowest BCUT2D eigenvalue weighted by atomic mass is 10.5. The topological polar surface area (TPSA) is 196 Å². The zero-order chi connectivity index (χ0) is 13.3. The van der Waals surface area contributed by atoms with Gasteiger partial charge in [-0.05, 0) is 6.92 Å². The van der Waals surface area contributed by atoms with Crippen molar-refractivity contribution in [3.63, 3.8) is 0 Å². The predicted molar refractivity (Wildman–Crippen MR) is 47.3 cm³/mol. The first-order valence-corrected chi connectivity index (χ1v) is 6.26. The number of hydrogen-bond acceptors (Lipinski definition) is 4. The molecule has 0 aromatic rings. The van der Waals surface area contributed by atoms with Gasteiger partial charge in [-0.1, -0.05) is 0 Å². The van der Waals surface area contributed by atoms with E-state index >= 15 is 0 Å². The van der Waals surface area contributed by atoms with Crippen LogP contribution in [-0.4, -0.2) is 52.3 Å². The monoisotopic (exact) mass is 272 g/mol. The first kappa shape index (κ1) is 20.5. The molecule has 0 aliphatic rings. The summed E-state index contributed by atoms with van der Waals surface area (Å²) in [6.07, 6.45) is -0.560. The fraction of sp³-hybridized carbons (Fsp3) is 1.00. The van der Waals surface area contributed by atoms with Crippen LogP contribution >= 0.6 is 15.6 Å². The van der Waals surface area contributed by atoms with E-state index in [2.05, 4.69) is 0 Å². The average Bonchev–Trinajstić information content (AvgIpc) is 1.79. The minimum absolute atomic E-state index is 0.139. The molecule has 1 atom stereocenters. The molecule has 0 spiro atoms. The van der Waals surface area contributed by atoms with Crippen LogP contribution in [0.2, 0.25) is 0 Å². The molecule has 0 fully saturated rings. The lowest BCUT2D eigenvalue weighted by Gasteiger charge is -1.90. The Morgan fingerprint density at radius 1 is 0.933 bits per heavy atom. The highest BCUT2D eigenvalue weighted by Gasteiger charge is 2.00. The van der Waals surface area contributed by atoms with Crippen LogP contribution in [0.4, 0.5) is 0 Å². The summed E-state index contributed by atoms with van der Waals surface area (Å²) in [6, 6.07) is 0. The molecule has 8 N–H and O–H groups in total. The van der Waals surface area contributed by atoms with E-state index < -0.39 is 21.7 Å². The van der Waals surface area contributed by atoms with Crippen LogP contribution in [0.15, 0.2) is 0 Å². The number of rotatable bonds is 1. The Morgan fingerprint density at radius 3 is 1.00 bits per heavy atom. The molecular formula is C3H14O10P2. The second-order valence-corrected chi connectivity index (χ2v) is 4.11. The predicted octanol–water partition coefficient (Wildman–Crippen LogP) is -2.50. The minimum Gasteiger partial charge on any atom is -0.394 e. The van der Waals surface area contributed by atoms with Gasteiger partial charge in [-0.25, -0.2) is 9.13 Å². The molecule has 0 aromatic carbocycles. The lowest BCUT2D eigenvalue weighted by molar-refractivity contribution is 0.110. The van der Waals surface area contributed by atoms with Crippen molar-refractivity contribution in [3.05, 3.63) is 0 Å². The van der Waals surface area contributed by atoms with Crippen LogP contribution < -0.4 is 0 Å². The molecule has 0 bridgehead atoms. The highest BCUT2D eigenvalue weighted by Crippen LogP contribution is 2.26. The summed E-state index contributed by atoms with van der Waals surface area (Å²) < 4.78 is 17.8. The summed E-state index contributed by atoms with van der Waals surface area (Å²) in [5.74, 6) is 0. The third-order valence-corrected chi connectivity index (χ3v) is 0.264. The second-order valence-electron chi connectivity index (χ2n) is 2.06. The van der Waals surface area contributed by atoms with Crippen molar-refractivity contribution in [2.45, 2.75) is 13.0 Å². The molecule has 0 saturated heterocycles. The van der Waals surface area contributed by atoms with Gasteiger partial charge >= 0.3 is 15.6 Å². The van der Waals surface area contributed by atoms with Gasteiger partial charge in [-0.3, -0.25) is 0 Å². The smallest absolute Gasteiger partial charge is 0.394 e. The van der Waals surface area contributed by atoms with Crippen molar-refractivity contribution >= 4 is 15.6 Å². The van der Waals surface area contributed by atoms with Gasteiger partial charge < -0.3 is 39.6 Å². The van der Waals surface area contributed by atoms with Crippen molar-refractivity contribution in [2.75, 3.05) is 6.61 Å². The zero-order valence-electron chi connectivity index (χ0n) is 7.57. The largest absolute Gasteiger partial charge is 0.466 e. The Kier molecular flexibility index (Phi) is 12.8. The van der Waals surface area contributed by atoms with Gasteiger partial charge in [0.15, 0.2) is 0 Å². The van der Waals surface area contributed by atoms with E-state index in [0.717, 1.165) is 0 Å². The number of phosphoric acid groups is 2. The van der Waals surface area contributed by atoms with E-state index in [4.69, 9.17) is 48.7 Å². The Morgan fingerprint density at radius 2 is 1.00 bits per heavy atom. The molecule has 10 nitrogen and oxygen atoms in total. The minimum atomic E-state index is -4.64. The van der Waals surface area contributed by atoms with Gasteiger partial charge in [-0.15, -0.1) is 0 Å². The highest BCUT2D eigenvalue weighted by molar-refractivity contribution is 7.45. The standard InChI is InChI=1S/C3H8O2.2H3O4P/c1-3(5)2-4;2*1-5(2,3)4/h3-5H,2H2,1H3;2*(H3,1,2,3,4). The molecule has 1 unspecified atom stereocenters. The van der Waals surface area contributed by atoms with E-state index in [1.54, 1.807) is 0 Å². The Bertz CT molecular complexity index is 176. The summed E-state index contributed by atoms with van der Waals surface area (Å²) in [4.78, 5) is 43.1. The number of aliphatic hydroxyl groups is 2. The Labute approximate surface area is 84.9 Å². The Hall–Kier alpha value is 0.140. The molecule has 0 radical (unpaired) electrons. The summed E-state index contributed by atoms with van der Waals surface area (Å²) in [7, 11) is -9.28. The van der Waals surface area contributed by atoms with Crippen LogP contribution in [0.5, 0.6) is 0 Å². The summed E-state index contributed by atoms with van der Waals surface area (Å²) in [6.45, 7) is 1.39. The molecule has 12 heteroatoms. The van der Waals surface area contributed by atoms with E-state index in [9.17, 15) is 0 Å². The van der Waals surface area contributed by atoms with Crippen molar-refractivity contribution in [2.24, 2.45) is 0 Å². The summed E-state index contributed by atoms with van der Waals surface area (Å²) in [5, 5.41) is 16.0. The van der Waals surface area contributed by atoms with Gasteiger partial charge in [0.05, 0.1) is 12.7 Å². The maximum Gasteiger partial charge on any atom is 0.466 e. The first-order chi connectivity index (χ1) is 6.27. The van der Waals surface area contributed by atoms with E-state index in [1.807, 2.05) is 0 Å². The molecular weight excluding hydrogens is 258 g/mol. The van der Waals surface area contributed by atoms with Crippen LogP contribution in [0.1, 0.15) is 6.92 Å². The number of hydrogen-bond donors (Lipinski definition) is 8. The Balaban J connectivity index is -0.000000144.